The fraction of sp³-hybridized carbons (Fsp3) is 0.444. The molecule has 7 nitrogen and oxygen atoms in total. The summed E-state index contributed by atoms with van der Waals surface area (Å²) in [6.07, 6.45) is -4.85. The normalized spacial score (nSPS) is 15.8. The Balaban J connectivity index is 1.50. The van der Waals surface area contributed by atoms with Crippen molar-refractivity contribution in [2.75, 3.05) is 31.9 Å². The first kappa shape index (κ1) is 23.8. The number of thiazole rings is 1. The first-order chi connectivity index (χ1) is 14.5. The van der Waals surface area contributed by atoms with Crippen LogP contribution in [0.4, 0.5) is 13.2 Å². The average molecular weight is 496 g/mol. The largest absolute Gasteiger partial charge is 0.573 e. The zero-order valence-corrected chi connectivity index (χ0v) is 18.9. The number of rotatable bonds is 7. The van der Waals surface area contributed by atoms with Crippen molar-refractivity contribution in [1.82, 2.24) is 14.2 Å². The Morgan fingerprint density at radius 1 is 1.19 bits per heavy atom. The lowest BCUT2D eigenvalue weighted by molar-refractivity contribution is -0.274. The molecule has 2 aromatic rings. The number of carbonyl (C=O) groups is 1. The van der Waals surface area contributed by atoms with E-state index in [1.807, 2.05) is 12.3 Å². The molecule has 1 aromatic carbocycles. The summed E-state index contributed by atoms with van der Waals surface area (Å²) in [4.78, 5) is 18.2. The molecule has 0 atom stereocenters. The predicted octanol–water partition coefficient (Wildman–Crippen LogP) is 3.12. The van der Waals surface area contributed by atoms with Crippen molar-refractivity contribution in [3.05, 3.63) is 40.3 Å². The lowest BCUT2D eigenvalue weighted by Gasteiger charge is -2.34. The van der Waals surface area contributed by atoms with Gasteiger partial charge in [0.2, 0.25) is 15.9 Å². The molecule has 1 aromatic heterocycles. The molecule has 1 saturated heterocycles. The molecule has 0 N–H and O–H groups in total. The van der Waals surface area contributed by atoms with E-state index in [2.05, 4.69) is 9.72 Å². The summed E-state index contributed by atoms with van der Waals surface area (Å²) in [5, 5.41) is 2.93. The number of nitrogens with zero attached hydrogens (tertiary/aromatic N) is 3. The highest BCUT2D eigenvalue weighted by atomic mass is 32.2. The third-order valence-electron chi connectivity index (χ3n) is 4.43. The van der Waals surface area contributed by atoms with Crippen molar-refractivity contribution in [3.8, 4) is 5.75 Å². The number of aromatic nitrogens is 1. The van der Waals surface area contributed by atoms with Crippen molar-refractivity contribution >= 4 is 39.0 Å². The van der Waals surface area contributed by atoms with Crippen LogP contribution < -0.4 is 4.74 Å². The number of carbonyl (C=O) groups excluding carboxylic acids is 1. The van der Waals surface area contributed by atoms with E-state index < -0.39 is 22.1 Å². The zero-order valence-electron chi connectivity index (χ0n) is 16.5. The molecule has 0 bridgehead atoms. The van der Waals surface area contributed by atoms with Gasteiger partial charge in [-0.15, -0.1) is 36.3 Å². The molecule has 1 aliphatic rings. The second-order valence-corrected chi connectivity index (χ2v) is 10.6. The minimum Gasteiger partial charge on any atom is -0.406 e. The molecule has 1 amide bonds. The van der Waals surface area contributed by atoms with Crippen molar-refractivity contribution in [2.24, 2.45) is 0 Å². The predicted molar refractivity (Wildman–Crippen MR) is 111 cm³/mol. The highest BCUT2D eigenvalue weighted by Gasteiger charge is 2.32. The maximum atomic E-state index is 12.7. The van der Waals surface area contributed by atoms with Crippen LogP contribution in [0.2, 0.25) is 0 Å². The molecule has 13 heteroatoms. The van der Waals surface area contributed by atoms with E-state index in [1.165, 1.54) is 16.1 Å². The molecule has 0 spiro atoms. The van der Waals surface area contributed by atoms with Gasteiger partial charge in [0.25, 0.3) is 0 Å². The van der Waals surface area contributed by atoms with Crippen molar-refractivity contribution in [3.63, 3.8) is 0 Å². The number of piperazine rings is 1. The van der Waals surface area contributed by atoms with Crippen LogP contribution in [0, 0.1) is 6.92 Å². The summed E-state index contributed by atoms with van der Waals surface area (Å²) in [6.45, 7) is 2.66. The molecule has 0 unspecified atom stereocenters. The van der Waals surface area contributed by atoms with Gasteiger partial charge < -0.3 is 9.64 Å². The molecular formula is C18H20F3N3O4S3. The molecule has 170 valence electrons. The first-order valence-electron chi connectivity index (χ1n) is 9.17. The first-order valence-corrected chi connectivity index (χ1v) is 12.6. The van der Waals surface area contributed by atoms with E-state index in [0.29, 0.717) is 5.75 Å². The van der Waals surface area contributed by atoms with Crippen LogP contribution in [0.3, 0.4) is 0 Å². The number of alkyl halides is 3. The van der Waals surface area contributed by atoms with Gasteiger partial charge in [0, 0.05) is 37.3 Å². The molecule has 0 aliphatic carbocycles. The number of hydrogen-bond acceptors (Lipinski definition) is 7. The summed E-state index contributed by atoms with van der Waals surface area (Å²) < 4.78 is 67.2. The number of amides is 1. The van der Waals surface area contributed by atoms with E-state index in [1.54, 1.807) is 16.2 Å². The van der Waals surface area contributed by atoms with E-state index in [4.69, 9.17) is 0 Å². The molecule has 0 saturated carbocycles. The van der Waals surface area contributed by atoms with E-state index in [-0.39, 0.29) is 42.7 Å². The molecular weight excluding hydrogens is 475 g/mol. The Kier molecular flexibility index (Phi) is 7.50. The van der Waals surface area contributed by atoms with Crippen molar-refractivity contribution in [2.45, 2.75) is 23.9 Å². The van der Waals surface area contributed by atoms with Crippen LogP contribution in [0.25, 0.3) is 0 Å². The van der Waals surface area contributed by atoms with Gasteiger partial charge in [-0.1, -0.05) is 0 Å². The van der Waals surface area contributed by atoms with Gasteiger partial charge in [0.05, 0.1) is 21.3 Å². The Labute approximate surface area is 186 Å². The van der Waals surface area contributed by atoms with Gasteiger partial charge in [0.1, 0.15) is 5.75 Å². The summed E-state index contributed by atoms with van der Waals surface area (Å²) in [6, 6.07) is 4.07. The SMILES string of the molecule is Cc1nc(CSCC(=O)N2CCN(S(=O)(=O)c3ccc(OC(F)(F)F)cc3)CC2)cs1. The maximum Gasteiger partial charge on any atom is 0.573 e. The number of thioether (sulfide) groups is 1. The molecule has 0 radical (unpaired) electrons. The van der Waals surface area contributed by atoms with Crippen LogP contribution in [0.1, 0.15) is 10.7 Å². The summed E-state index contributed by atoms with van der Waals surface area (Å²) in [7, 11) is -3.88. The van der Waals surface area contributed by atoms with Crippen LogP contribution in [0.5, 0.6) is 5.75 Å². The highest BCUT2D eigenvalue weighted by Crippen LogP contribution is 2.25. The number of benzene rings is 1. The monoisotopic (exact) mass is 495 g/mol. The third-order valence-corrected chi connectivity index (χ3v) is 8.11. The maximum absolute atomic E-state index is 12.7. The number of halogens is 3. The number of ether oxygens (including phenoxy) is 1. The Hall–Kier alpha value is -1.83. The Morgan fingerprint density at radius 2 is 1.84 bits per heavy atom. The zero-order chi connectivity index (χ0) is 22.6. The number of aryl methyl sites for hydroxylation is 1. The fourth-order valence-corrected chi connectivity index (χ4v) is 5.91. The van der Waals surface area contributed by atoms with E-state index in [9.17, 15) is 26.4 Å². The summed E-state index contributed by atoms with van der Waals surface area (Å²) >= 11 is 3.01. The topological polar surface area (TPSA) is 79.8 Å². The fourth-order valence-electron chi connectivity index (χ4n) is 2.95. The van der Waals surface area contributed by atoms with Crippen LogP contribution in [0.15, 0.2) is 34.5 Å². The number of sulfonamides is 1. The van der Waals surface area contributed by atoms with Crippen LogP contribution >= 0.6 is 23.1 Å². The van der Waals surface area contributed by atoms with E-state index in [0.717, 1.165) is 35.0 Å². The van der Waals surface area contributed by atoms with Gasteiger partial charge in [-0.25, -0.2) is 13.4 Å². The minimum atomic E-state index is -4.85. The smallest absolute Gasteiger partial charge is 0.406 e. The Morgan fingerprint density at radius 3 is 2.39 bits per heavy atom. The van der Waals surface area contributed by atoms with Gasteiger partial charge in [-0.05, 0) is 31.2 Å². The minimum absolute atomic E-state index is 0.0670. The summed E-state index contributed by atoms with van der Waals surface area (Å²) in [5.74, 6) is 0.359. The van der Waals surface area contributed by atoms with Gasteiger partial charge >= 0.3 is 6.36 Å². The summed E-state index contributed by atoms with van der Waals surface area (Å²) in [5.41, 5.74) is 0.933. The Bertz CT molecular complexity index is 1000. The second-order valence-electron chi connectivity index (χ2n) is 6.65. The molecule has 1 aliphatic heterocycles. The molecule has 1 fully saturated rings. The standard InChI is InChI=1S/C18H20F3N3O4S3/c1-13-22-14(11-30-13)10-29-12-17(25)23-6-8-24(9-7-23)31(26,27)16-4-2-15(3-5-16)28-18(19,20)21/h2-5,11H,6-10,12H2,1H3. The molecule has 31 heavy (non-hydrogen) atoms. The lowest BCUT2D eigenvalue weighted by atomic mass is 10.3. The van der Waals surface area contributed by atoms with E-state index >= 15 is 0 Å². The van der Waals surface area contributed by atoms with Gasteiger partial charge in [0.15, 0.2) is 0 Å². The molecule has 2 heterocycles. The van der Waals surface area contributed by atoms with Crippen LogP contribution in [-0.4, -0.2) is 66.8 Å². The van der Waals surface area contributed by atoms with Gasteiger partial charge in [-0.2, -0.15) is 4.31 Å². The number of hydrogen-bond donors (Lipinski definition) is 0. The molecule has 3 rings (SSSR count). The van der Waals surface area contributed by atoms with Crippen molar-refractivity contribution < 1.29 is 31.1 Å². The average Bonchev–Trinajstić information content (AvgIpc) is 3.12. The quantitative estimate of drug-likeness (QED) is 0.587. The second kappa shape index (κ2) is 9.76. The highest BCUT2D eigenvalue weighted by molar-refractivity contribution is 7.99. The lowest BCUT2D eigenvalue weighted by Crippen LogP contribution is -2.50. The van der Waals surface area contributed by atoms with Crippen LogP contribution in [-0.2, 0) is 20.6 Å². The third kappa shape index (κ3) is 6.57. The van der Waals surface area contributed by atoms with Gasteiger partial charge in [-0.3, -0.25) is 4.79 Å². The van der Waals surface area contributed by atoms with Crippen molar-refractivity contribution in [1.29, 1.82) is 0 Å².